The summed E-state index contributed by atoms with van der Waals surface area (Å²) in [6.07, 6.45) is -6.39. The van der Waals surface area contributed by atoms with Gasteiger partial charge in [0.25, 0.3) is 0 Å². The first-order chi connectivity index (χ1) is 5.54. The zero-order chi connectivity index (χ0) is 9.72. The van der Waals surface area contributed by atoms with Crippen LogP contribution >= 0.6 is 0 Å². The summed E-state index contributed by atoms with van der Waals surface area (Å²) in [5.74, 6) is 0. The monoisotopic (exact) mass is 224 g/mol. The fourth-order valence-electron chi connectivity index (χ4n) is 0.671. The van der Waals surface area contributed by atoms with Crippen molar-refractivity contribution in [1.82, 2.24) is 0 Å². The van der Waals surface area contributed by atoms with Crippen LogP contribution in [0.4, 0.5) is 0 Å². The van der Waals surface area contributed by atoms with Crippen molar-refractivity contribution < 1.29 is 64.9 Å². The summed E-state index contributed by atoms with van der Waals surface area (Å²) in [4.78, 5) is 0. The second-order valence-corrected chi connectivity index (χ2v) is 2.48. The summed E-state index contributed by atoms with van der Waals surface area (Å²) in [6.45, 7) is -1.45. The van der Waals surface area contributed by atoms with Gasteiger partial charge < -0.3 is 35.3 Å². The predicted octanol–water partition coefficient (Wildman–Crippen LogP) is -9.58. The molecule has 14 heavy (non-hydrogen) atoms. The van der Waals surface area contributed by atoms with Crippen LogP contribution in [0, 0.1) is 0 Å². The van der Waals surface area contributed by atoms with Gasteiger partial charge in [0.05, 0.1) is 13.2 Å². The van der Waals surface area contributed by atoms with E-state index in [0.717, 1.165) is 0 Å². The Labute approximate surface area is 102 Å². The van der Waals surface area contributed by atoms with Crippen LogP contribution in [-0.2, 0) is 0 Å². The van der Waals surface area contributed by atoms with Gasteiger partial charge in [-0.05, 0) is 0 Å². The number of aliphatic hydroxyl groups is 6. The molecule has 0 aromatic heterocycles. The second kappa shape index (κ2) is 10.2. The van der Waals surface area contributed by atoms with Crippen molar-refractivity contribution >= 4 is 0 Å². The van der Waals surface area contributed by atoms with Crippen LogP contribution in [0.3, 0.4) is 0 Å². The van der Waals surface area contributed by atoms with Gasteiger partial charge in [-0.25, -0.2) is 0 Å². The zero-order valence-corrected chi connectivity index (χ0v) is 9.78. The molecule has 0 rings (SSSR count). The molecular formula is C6H14FNaO6. The van der Waals surface area contributed by atoms with Crippen molar-refractivity contribution in [2.24, 2.45) is 0 Å². The fourth-order valence-corrected chi connectivity index (χ4v) is 0.671. The van der Waals surface area contributed by atoms with E-state index in [1.54, 1.807) is 0 Å². The Balaban J connectivity index is -0.000000605. The quantitative estimate of drug-likeness (QED) is 0.258. The van der Waals surface area contributed by atoms with E-state index in [1.165, 1.54) is 0 Å². The normalized spacial score (nSPS) is 18.4. The molecule has 4 atom stereocenters. The standard InChI is InChI=1S/C6H14O6.FH.Na/c7-1-3(9)5(11)6(12)4(10)2-8;;/h3-12H,1-2H2;1H;/q;;+1/p-1/t3-,4+,5-,6-;;/m1../s1. The maximum atomic E-state index is 8.96. The Morgan fingerprint density at radius 2 is 0.929 bits per heavy atom. The van der Waals surface area contributed by atoms with Gasteiger partial charge in [-0.1, -0.05) is 0 Å². The molecule has 0 fully saturated rings. The van der Waals surface area contributed by atoms with Crippen LogP contribution in [0.15, 0.2) is 0 Å². The molecule has 0 saturated carbocycles. The number of hydrogen-bond donors (Lipinski definition) is 6. The Kier molecular flexibility index (Phi) is 14.7. The van der Waals surface area contributed by atoms with E-state index in [9.17, 15) is 0 Å². The van der Waals surface area contributed by atoms with E-state index in [4.69, 9.17) is 30.6 Å². The first-order valence-corrected chi connectivity index (χ1v) is 3.48. The van der Waals surface area contributed by atoms with Crippen LogP contribution < -0.4 is 34.3 Å². The molecular weight excluding hydrogens is 210 g/mol. The van der Waals surface area contributed by atoms with E-state index in [0.29, 0.717) is 0 Å². The zero-order valence-electron chi connectivity index (χ0n) is 7.78. The molecule has 0 aromatic carbocycles. The molecule has 0 aliphatic carbocycles. The largest absolute Gasteiger partial charge is 1.00 e. The first-order valence-electron chi connectivity index (χ1n) is 3.48. The van der Waals surface area contributed by atoms with E-state index in [-0.39, 0.29) is 34.3 Å². The maximum Gasteiger partial charge on any atom is 1.00 e. The van der Waals surface area contributed by atoms with Crippen molar-refractivity contribution in [3.05, 3.63) is 0 Å². The third-order valence-electron chi connectivity index (χ3n) is 1.51. The van der Waals surface area contributed by atoms with Gasteiger partial charge in [0.1, 0.15) is 24.4 Å². The molecule has 0 saturated heterocycles. The third-order valence-corrected chi connectivity index (χ3v) is 1.51. The summed E-state index contributed by atoms with van der Waals surface area (Å²) < 4.78 is 0. The Morgan fingerprint density at radius 1 is 0.714 bits per heavy atom. The molecule has 0 radical (unpaired) electrons. The SMILES string of the molecule is OC[C@@H](O)[C@@H](O)[C@H](O)[C@@H](O)CO.[F-].[Na+]. The molecule has 0 aliphatic heterocycles. The average Bonchev–Trinajstić information content (AvgIpc) is 2.12. The molecule has 0 aromatic rings. The number of rotatable bonds is 5. The minimum Gasteiger partial charge on any atom is -1.00 e. The molecule has 0 aliphatic rings. The van der Waals surface area contributed by atoms with Crippen LogP contribution in [-0.4, -0.2) is 68.3 Å². The summed E-state index contributed by atoms with van der Waals surface area (Å²) in [5.41, 5.74) is 0. The Bertz CT molecular complexity index is 115. The molecule has 82 valence electrons. The van der Waals surface area contributed by atoms with Crippen molar-refractivity contribution in [3.8, 4) is 0 Å². The topological polar surface area (TPSA) is 121 Å². The van der Waals surface area contributed by atoms with Gasteiger partial charge in [-0.2, -0.15) is 0 Å². The molecule has 8 heteroatoms. The smallest absolute Gasteiger partial charge is 1.00 e. The number of aliphatic hydroxyl groups excluding tert-OH is 6. The molecule has 0 spiro atoms. The summed E-state index contributed by atoms with van der Waals surface area (Å²) in [6, 6.07) is 0. The number of halogens is 1. The fraction of sp³-hybridized carbons (Fsp3) is 1.00. The first kappa shape index (κ1) is 20.1. The molecule has 0 heterocycles. The van der Waals surface area contributed by atoms with Crippen molar-refractivity contribution in [2.45, 2.75) is 24.4 Å². The predicted molar refractivity (Wildman–Crippen MR) is 38.2 cm³/mol. The molecule has 0 bridgehead atoms. The average molecular weight is 224 g/mol. The molecule has 0 amide bonds. The van der Waals surface area contributed by atoms with Gasteiger partial charge >= 0.3 is 29.6 Å². The van der Waals surface area contributed by atoms with E-state index in [1.807, 2.05) is 0 Å². The molecule has 0 unspecified atom stereocenters. The minimum atomic E-state index is -1.67. The summed E-state index contributed by atoms with van der Waals surface area (Å²) >= 11 is 0. The Morgan fingerprint density at radius 3 is 1.07 bits per heavy atom. The summed E-state index contributed by atoms with van der Waals surface area (Å²) in [7, 11) is 0. The summed E-state index contributed by atoms with van der Waals surface area (Å²) in [5, 5.41) is 52.2. The van der Waals surface area contributed by atoms with Crippen LogP contribution in [0.25, 0.3) is 0 Å². The van der Waals surface area contributed by atoms with Gasteiger partial charge in [-0.15, -0.1) is 0 Å². The van der Waals surface area contributed by atoms with E-state index < -0.39 is 37.6 Å². The van der Waals surface area contributed by atoms with Crippen LogP contribution in [0.5, 0.6) is 0 Å². The second-order valence-electron chi connectivity index (χ2n) is 2.48. The number of hydrogen-bond acceptors (Lipinski definition) is 6. The van der Waals surface area contributed by atoms with Gasteiger partial charge in [0.2, 0.25) is 0 Å². The maximum absolute atomic E-state index is 8.96. The van der Waals surface area contributed by atoms with Gasteiger partial charge in [0.15, 0.2) is 0 Å². The van der Waals surface area contributed by atoms with Crippen molar-refractivity contribution in [1.29, 1.82) is 0 Å². The molecule has 6 nitrogen and oxygen atoms in total. The van der Waals surface area contributed by atoms with Gasteiger partial charge in [0, 0.05) is 0 Å². The molecule has 6 N–H and O–H groups in total. The Hall–Kier alpha value is 0.690. The van der Waals surface area contributed by atoms with E-state index in [2.05, 4.69) is 0 Å². The minimum absolute atomic E-state index is 0. The third kappa shape index (κ3) is 6.23. The van der Waals surface area contributed by atoms with Crippen molar-refractivity contribution in [2.75, 3.05) is 13.2 Å². The van der Waals surface area contributed by atoms with Crippen LogP contribution in [0.2, 0.25) is 0 Å². The van der Waals surface area contributed by atoms with Crippen LogP contribution in [0.1, 0.15) is 0 Å². The van der Waals surface area contributed by atoms with Gasteiger partial charge in [-0.3, -0.25) is 0 Å². The van der Waals surface area contributed by atoms with Crippen molar-refractivity contribution in [3.63, 3.8) is 0 Å². The van der Waals surface area contributed by atoms with E-state index >= 15 is 0 Å².